The number of fused-ring (bicyclic) bond motifs is 1. The minimum atomic E-state index is -0.419. The molecular weight excluding hydrogens is 336 g/mol. The van der Waals surface area contributed by atoms with Crippen LogP contribution in [0.4, 0.5) is 5.69 Å². The van der Waals surface area contributed by atoms with Gasteiger partial charge in [0.05, 0.1) is 16.3 Å². The number of nitro benzene ring substituents is 1. The quantitative estimate of drug-likeness (QED) is 0.583. The van der Waals surface area contributed by atoms with Crippen LogP contribution in [0.15, 0.2) is 47.1 Å². The first-order chi connectivity index (χ1) is 10.1. The Morgan fingerprint density at radius 3 is 2.86 bits per heavy atom. The normalized spacial score (nSPS) is 11.0. The van der Waals surface area contributed by atoms with Crippen molar-refractivity contribution in [1.82, 2.24) is 9.38 Å². The van der Waals surface area contributed by atoms with Crippen molar-refractivity contribution in [1.29, 1.82) is 0 Å². The number of imidazole rings is 1. The van der Waals surface area contributed by atoms with E-state index < -0.39 is 4.92 Å². The lowest BCUT2D eigenvalue weighted by Gasteiger charge is -2.02. The molecule has 0 unspecified atom stereocenters. The van der Waals surface area contributed by atoms with Gasteiger partial charge in [-0.25, -0.2) is 4.98 Å². The third kappa shape index (κ3) is 2.41. The van der Waals surface area contributed by atoms with E-state index in [-0.39, 0.29) is 12.2 Å². The maximum absolute atomic E-state index is 10.9. The predicted octanol–water partition coefficient (Wildman–Crippen LogP) is 3.13. The first-order valence-corrected chi connectivity index (χ1v) is 7.01. The molecule has 1 aromatic carbocycles. The molecule has 0 aliphatic rings. The standard InChI is InChI=1S/C14H11BrN4O2/c15-10-4-5-13-17-14(12(7-16)18(13)8-10)9-2-1-3-11(6-9)19(20)21/h1-6,8H,7,16H2. The minimum absolute atomic E-state index is 0.0358. The third-order valence-corrected chi connectivity index (χ3v) is 3.67. The molecule has 21 heavy (non-hydrogen) atoms. The molecular formula is C14H11BrN4O2. The smallest absolute Gasteiger partial charge is 0.270 e. The number of nitrogens with two attached hydrogens (primary N) is 1. The first kappa shape index (κ1) is 13.7. The van der Waals surface area contributed by atoms with Gasteiger partial charge in [-0.15, -0.1) is 0 Å². The van der Waals surface area contributed by atoms with Crippen molar-refractivity contribution >= 4 is 27.3 Å². The second-order valence-corrected chi connectivity index (χ2v) is 5.41. The summed E-state index contributed by atoms with van der Waals surface area (Å²) in [6, 6.07) is 10.2. The van der Waals surface area contributed by atoms with Gasteiger partial charge in [0.2, 0.25) is 0 Å². The molecule has 0 atom stereocenters. The second kappa shape index (κ2) is 5.27. The molecule has 3 aromatic rings. The van der Waals surface area contributed by atoms with Gasteiger partial charge < -0.3 is 10.1 Å². The summed E-state index contributed by atoms with van der Waals surface area (Å²) in [5, 5.41) is 10.9. The molecule has 0 spiro atoms. The Morgan fingerprint density at radius 1 is 1.33 bits per heavy atom. The van der Waals surface area contributed by atoms with E-state index in [9.17, 15) is 10.1 Å². The molecule has 6 nitrogen and oxygen atoms in total. The highest BCUT2D eigenvalue weighted by Gasteiger charge is 2.15. The Morgan fingerprint density at radius 2 is 2.14 bits per heavy atom. The molecule has 2 N–H and O–H groups in total. The van der Waals surface area contributed by atoms with Crippen LogP contribution in [0.5, 0.6) is 0 Å². The summed E-state index contributed by atoms with van der Waals surface area (Å²) >= 11 is 3.41. The molecule has 2 aromatic heterocycles. The zero-order valence-electron chi connectivity index (χ0n) is 10.9. The summed E-state index contributed by atoms with van der Waals surface area (Å²) in [4.78, 5) is 15.0. The molecule has 3 rings (SSSR count). The van der Waals surface area contributed by atoms with Crippen molar-refractivity contribution < 1.29 is 4.92 Å². The summed E-state index contributed by atoms with van der Waals surface area (Å²) in [5.74, 6) is 0. The summed E-state index contributed by atoms with van der Waals surface area (Å²) in [6.45, 7) is 0.287. The second-order valence-electron chi connectivity index (χ2n) is 4.49. The molecule has 0 aliphatic carbocycles. The van der Waals surface area contributed by atoms with E-state index in [0.29, 0.717) is 11.3 Å². The van der Waals surface area contributed by atoms with Gasteiger partial charge in [-0.2, -0.15) is 0 Å². The van der Waals surface area contributed by atoms with Gasteiger partial charge in [0.25, 0.3) is 5.69 Å². The van der Waals surface area contributed by atoms with Gasteiger partial charge in [0.1, 0.15) is 5.65 Å². The fourth-order valence-electron chi connectivity index (χ4n) is 2.26. The van der Waals surface area contributed by atoms with E-state index in [1.807, 2.05) is 22.7 Å². The number of aromatic nitrogens is 2. The number of halogens is 1. The molecule has 0 fully saturated rings. The van der Waals surface area contributed by atoms with E-state index in [1.54, 1.807) is 12.1 Å². The molecule has 2 heterocycles. The molecule has 0 aliphatic heterocycles. The van der Waals surface area contributed by atoms with Crippen molar-refractivity contribution in [3.63, 3.8) is 0 Å². The number of non-ortho nitro benzene ring substituents is 1. The van der Waals surface area contributed by atoms with Gasteiger partial charge >= 0.3 is 0 Å². The number of nitrogens with zero attached hydrogens (tertiary/aromatic N) is 3. The fourth-order valence-corrected chi connectivity index (χ4v) is 2.60. The topological polar surface area (TPSA) is 86.5 Å². The number of benzene rings is 1. The van der Waals surface area contributed by atoms with Crippen LogP contribution in [0.1, 0.15) is 5.69 Å². The maximum atomic E-state index is 10.9. The summed E-state index contributed by atoms with van der Waals surface area (Å²) in [5.41, 5.74) is 8.78. The van der Waals surface area contributed by atoms with Crippen LogP contribution in [0.3, 0.4) is 0 Å². The van der Waals surface area contributed by atoms with Crippen molar-refractivity contribution in [2.24, 2.45) is 5.73 Å². The average Bonchev–Trinajstić information content (AvgIpc) is 2.85. The van der Waals surface area contributed by atoms with E-state index in [1.165, 1.54) is 12.1 Å². The van der Waals surface area contributed by atoms with Crippen LogP contribution in [0.2, 0.25) is 0 Å². The maximum Gasteiger partial charge on any atom is 0.270 e. The highest BCUT2D eigenvalue weighted by molar-refractivity contribution is 9.10. The highest BCUT2D eigenvalue weighted by Crippen LogP contribution is 2.28. The van der Waals surface area contributed by atoms with Gasteiger partial charge in [-0.1, -0.05) is 12.1 Å². The Hall–Kier alpha value is -2.25. The Kier molecular flexibility index (Phi) is 3.44. The Bertz CT molecular complexity index is 844. The van der Waals surface area contributed by atoms with E-state index in [0.717, 1.165) is 15.8 Å². The lowest BCUT2D eigenvalue weighted by molar-refractivity contribution is -0.384. The van der Waals surface area contributed by atoms with Gasteiger partial charge in [0, 0.05) is 34.9 Å². The van der Waals surface area contributed by atoms with Crippen LogP contribution in [0, 0.1) is 10.1 Å². The average molecular weight is 347 g/mol. The molecule has 0 saturated carbocycles. The van der Waals surface area contributed by atoms with Crippen molar-refractivity contribution in [2.75, 3.05) is 0 Å². The van der Waals surface area contributed by atoms with E-state index >= 15 is 0 Å². The number of rotatable bonds is 3. The highest BCUT2D eigenvalue weighted by atomic mass is 79.9. The number of pyridine rings is 1. The van der Waals surface area contributed by atoms with Crippen molar-refractivity contribution in [2.45, 2.75) is 6.54 Å². The van der Waals surface area contributed by atoms with Gasteiger partial charge in [-0.3, -0.25) is 10.1 Å². The van der Waals surface area contributed by atoms with E-state index in [2.05, 4.69) is 20.9 Å². The molecule has 106 valence electrons. The van der Waals surface area contributed by atoms with Gasteiger partial charge in [-0.05, 0) is 28.1 Å². The van der Waals surface area contributed by atoms with Crippen molar-refractivity contribution in [3.8, 4) is 11.3 Å². The fraction of sp³-hybridized carbons (Fsp3) is 0.0714. The molecule has 7 heteroatoms. The largest absolute Gasteiger partial charge is 0.325 e. The number of hydrogen-bond donors (Lipinski definition) is 1. The van der Waals surface area contributed by atoms with Crippen LogP contribution in [-0.2, 0) is 6.54 Å². The van der Waals surface area contributed by atoms with Gasteiger partial charge in [0.15, 0.2) is 0 Å². The lowest BCUT2D eigenvalue weighted by Crippen LogP contribution is -2.02. The molecule has 0 bridgehead atoms. The van der Waals surface area contributed by atoms with Crippen molar-refractivity contribution in [3.05, 3.63) is 62.9 Å². The molecule has 0 saturated heterocycles. The SMILES string of the molecule is NCc1c(-c2cccc([N+](=O)[O-])c2)nc2ccc(Br)cn12. The zero-order chi connectivity index (χ0) is 15.0. The van der Waals surface area contributed by atoms with E-state index in [4.69, 9.17) is 5.73 Å². The predicted molar refractivity (Wildman–Crippen MR) is 82.9 cm³/mol. The van der Waals surface area contributed by atoms with Crippen LogP contribution in [0.25, 0.3) is 16.9 Å². The molecule has 0 radical (unpaired) electrons. The summed E-state index contributed by atoms with van der Waals surface area (Å²) in [6.07, 6.45) is 1.88. The van der Waals surface area contributed by atoms with Crippen LogP contribution >= 0.6 is 15.9 Å². The van der Waals surface area contributed by atoms with Crippen LogP contribution < -0.4 is 5.73 Å². The van der Waals surface area contributed by atoms with Crippen LogP contribution in [-0.4, -0.2) is 14.3 Å². The summed E-state index contributed by atoms with van der Waals surface area (Å²) in [7, 11) is 0. The third-order valence-electron chi connectivity index (χ3n) is 3.21. The summed E-state index contributed by atoms with van der Waals surface area (Å²) < 4.78 is 2.80. The number of hydrogen-bond acceptors (Lipinski definition) is 4. The Labute approximate surface area is 128 Å². The Balaban J connectivity index is 2.24. The first-order valence-electron chi connectivity index (χ1n) is 6.21. The minimum Gasteiger partial charge on any atom is -0.325 e. The zero-order valence-corrected chi connectivity index (χ0v) is 12.4. The lowest BCUT2D eigenvalue weighted by atomic mass is 10.1. The monoisotopic (exact) mass is 346 g/mol. The number of nitro groups is 1. The molecule has 0 amide bonds.